The summed E-state index contributed by atoms with van der Waals surface area (Å²) in [5.41, 5.74) is 1.16. The normalized spacial score (nSPS) is 14.8. The largest absolute Gasteiger partial charge is 0.488 e. The van der Waals surface area contributed by atoms with Gasteiger partial charge in [0.1, 0.15) is 23.7 Å². The van der Waals surface area contributed by atoms with Crippen molar-refractivity contribution in [3.8, 4) is 5.75 Å². The Morgan fingerprint density at radius 1 is 0.973 bits per heavy atom. The van der Waals surface area contributed by atoms with E-state index in [1.54, 1.807) is 30.3 Å². The number of carbonyl (C=O) groups excluding carboxylic acids is 3. The highest BCUT2D eigenvalue weighted by atomic mass is 16.5. The van der Waals surface area contributed by atoms with E-state index in [0.717, 1.165) is 21.2 Å². The van der Waals surface area contributed by atoms with Crippen molar-refractivity contribution < 1.29 is 33.4 Å². The molecule has 2 N–H and O–H groups in total. The molecule has 1 aliphatic rings. The molecular weight excluding hydrogens is 476 g/mol. The Morgan fingerprint density at radius 3 is 2.49 bits per heavy atom. The van der Waals surface area contributed by atoms with E-state index in [1.807, 2.05) is 30.3 Å². The van der Waals surface area contributed by atoms with E-state index in [4.69, 9.17) is 14.3 Å². The van der Waals surface area contributed by atoms with Gasteiger partial charge in [-0.1, -0.05) is 42.5 Å². The first-order chi connectivity index (χ1) is 17.9. The van der Waals surface area contributed by atoms with Crippen molar-refractivity contribution in [3.63, 3.8) is 0 Å². The van der Waals surface area contributed by atoms with Crippen LogP contribution < -0.4 is 10.1 Å². The van der Waals surface area contributed by atoms with Gasteiger partial charge in [0.25, 0.3) is 11.8 Å². The van der Waals surface area contributed by atoms with Gasteiger partial charge >= 0.3 is 12.0 Å². The van der Waals surface area contributed by atoms with Crippen LogP contribution in [0.1, 0.15) is 27.2 Å². The Kier molecular flexibility index (Phi) is 6.25. The zero-order valence-electron chi connectivity index (χ0n) is 19.3. The Hall–Kier alpha value is -5.18. The minimum absolute atomic E-state index is 0.123. The SMILES string of the molecule is O=C1NC(=O)N(Cc2ccco2)C(=O)/C1=C/c1c(OCc2ccc(C(=O)O)cc2)ccc2ccccc12. The van der Waals surface area contributed by atoms with Crippen molar-refractivity contribution in [2.75, 3.05) is 0 Å². The van der Waals surface area contributed by atoms with Gasteiger partial charge < -0.3 is 14.3 Å². The Labute approximate surface area is 210 Å². The lowest BCUT2D eigenvalue weighted by atomic mass is 9.99. The summed E-state index contributed by atoms with van der Waals surface area (Å²) in [5.74, 6) is -1.79. The smallest absolute Gasteiger partial charge is 0.335 e. The maximum absolute atomic E-state index is 13.2. The van der Waals surface area contributed by atoms with Gasteiger partial charge in [-0.3, -0.25) is 19.8 Å². The third-order valence-corrected chi connectivity index (χ3v) is 5.89. The highest BCUT2D eigenvalue weighted by molar-refractivity contribution is 6.31. The molecule has 0 atom stereocenters. The molecule has 1 aromatic heterocycles. The first-order valence-electron chi connectivity index (χ1n) is 11.3. The number of nitrogens with one attached hydrogen (secondary N) is 1. The maximum atomic E-state index is 13.2. The fourth-order valence-corrected chi connectivity index (χ4v) is 4.00. The van der Waals surface area contributed by atoms with Gasteiger partial charge in [0.2, 0.25) is 0 Å². The molecule has 9 heteroatoms. The van der Waals surface area contributed by atoms with Crippen molar-refractivity contribution in [3.05, 3.63) is 107 Å². The zero-order valence-corrected chi connectivity index (χ0v) is 19.3. The zero-order chi connectivity index (χ0) is 25.9. The molecule has 0 saturated carbocycles. The fourth-order valence-electron chi connectivity index (χ4n) is 4.00. The second kappa shape index (κ2) is 9.82. The number of hydrogen-bond acceptors (Lipinski definition) is 6. The summed E-state index contributed by atoms with van der Waals surface area (Å²) in [6, 6.07) is 19.7. The number of amides is 4. The average molecular weight is 496 g/mol. The van der Waals surface area contributed by atoms with Crippen molar-refractivity contribution in [2.24, 2.45) is 0 Å². The quantitative estimate of drug-likeness (QED) is 0.287. The molecule has 0 aliphatic carbocycles. The second-order valence-electron chi connectivity index (χ2n) is 8.28. The Balaban J connectivity index is 1.51. The number of carboxylic acid groups (broad SMARTS) is 1. The highest BCUT2D eigenvalue weighted by Crippen LogP contribution is 2.32. The fraction of sp³-hybridized carbons (Fsp3) is 0.0714. The van der Waals surface area contributed by atoms with Crippen LogP contribution in [-0.4, -0.2) is 33.8 Å². The number of barbiturate groups is 1. The van der Waals surface area contributed by atoms with Crippen LogP contribution >= 0.6 is 0 Å². The molecule has 3 aromatic carbocycles. The number of aromatic carboxylic acids is 1. The van der Waals surface area contributed by atoms with Crippen molar-refractivity contribution >= 4 is 40.7 Å². The van der Waals surface area contributed by atoms with Gasteiger partial charge in [0, 0.05) is 5.56 Å². The molecule has 2 heterocycles. The van der Waals surface area contributed by atoms with Crippen LogP contribution in [0.3, 0.4) is 0 Å². The number of urea groups is 1. The van der Waals surface area contributed by atoms with Crippen LogP contribution in [0.25, 0.3) is 16.8 Å². The number of rotatable bonds is 7. The molecule has 0 bridgehead atoms. The molecule has 1 fully saturated rings. The lowest BCUT2D eigenvalue weighted by molar-refractivity contribution is -0.130. The van der Waals surface area contributed by atoms with Gasteiger partial charge in [-0.25, -0.2) is 9.59 Å². The molecule has 0 radical (unpaired) electrons. The van der Waals surface area contributed by atoms with Crippen LogP contribution in [0.4, 0.5) is 4.79 Å². The molecule has 4 amide bonds. The summed E-state index contributed by atoms with van der Waals surface area (Å²) in [7, 11) is 0. The summed E-state index contributed by atoms with van der Waals surface area (Å²) in [6.07, 6.45) is 2.85. The van der Waals surface area contributed by atoms with Gasteiger partial charge in [-0.15, -0.1) is 0 Å². The molecule has 5 rings (SSSR count). The van der Waals surface area contributed by atoms with E-state index in [1.165, 1.54) is 24.5 Å². The first-order valence-corrected chi connectivity index (χ1v) is 11.3. The molecule has 184 valence electrons. The van der Waals surface area contributed by atoms with Gasteiger partial charge in [0.05, 0.1) is 18.4 Å². The number of hydrogen-bond donors (Lipinski definition) is 2. The van der Waals surface area contributed by atoms with E-state index in [2.05, 4.69) is 5.32 Å². The number of carbonyl (C=O) groups is 4. The number of carboxylic acids is 1. The molecule has 37 heavy (non-hydrogen) atoms. The number of nitrogens with zero attached hydrogens (tertiary/aromatic N) is 1. The summed E-state index contributed by atoms with van der Waals surface area (Å²) < 4.78 is 11.3. The molecule has 1 saturated heterocycles. The minimum atomic E-state index is -1.02. The molecule has 0 spiro atoms. The van der Waals surface area contributed by atoms with Crippen LogP contribution in [0.2, 0.25) is 0 Å². The van der Waals surface area contributed by atoms with Gasteiger partial charge in [-0.05, 0) is 52.7 Å². The maximum Gasteiger partial charge on any atom is 0.335 e. The second-order valence-corrected chi connectivity index (χ2v) is 8.28. The van der Waals surface area contributed by atoms with Crippen LogP contribution in [0.5, 0.6) is 5.75 Å². The van der Waals surface area contributed by atoms with Crippen LogP contribution in [0.15, 0.2) is 89.0 Å². The lowest BCUT2D eigenvalue weighted by Gasteiger charge is -2.25. The summed E-state index contributed by atoms with van der Waals surface area (Å²) >= 11 is 0. The topological polar surface area (TPSA) is 126 Å². The predicted octanol–water partition coefficient (Wildman–Crippen LogP) is 4.37. The third-order valence-electron chi connectivity index (χ3n) is 5.89. The summed E-state index contributed by atoms with van der Waals surface area (Å²) in [4.78, 5) is 50.4. The molecule has 1 aliphatic heterocycles. The predicted molar refractivity (Wildman–Crippen MR) is 132 cm³/mol. The van der Waals surface area contributed by atoms with E-state index in [9.17, 15) is 19.2 Å². The summed E-state index contributed by atoms with van der Waals surface area (Å²) in [5, 5.41) is 12.9. The van der Waals surface area contributed by atoms with E-state index >= 15 is 0 Å². The number of ether oxygens (including phenoxy) is 1. The third kappa shape index (κ3) is 4.83. The van der Waals surface area contributed by atoms with Crippen LogP contribution in [0, 0.1) is 0 Å². The molecule has 4 aromatic rings. The number of furan rings is 1. The van der Waals surface area contributed by atoms with Crippen molar-refractivity contribution in [2.45, 2.75) is 13.2 Å². The average Bonchev–Trinajstić information content (AvgIpc) is 3.41. The molecule has 0 unspecified atom stereocenters. The molecular formula is C28H20N2O7. The lowest BCUT2D eigenvalue weighted by Crippen LogP contribution is -2.53. The number of imide groups is 2. The van der Waals surface area contributed by atoms with E-state index < -0.39 is 23.8 Å². The molecule has 9 nitrogen and oxygen atoms in total. The van der Waals surface area contributed by atoms with E-state index in [0.29, 0.717) is 17.1 Å². The van der Waals surface area contributed by atoms with E-state index in [-0.39, 0.29) is 24.3 Å². The van der Waals surface area contributed by atoms with Crippen molar-refractivity contribution in [1.82, 2.24) is 10.2 Å². The highest BCUT2D eigenvalue weighted by Gasteiger charge is 2.36. The number of benzene rings is 3. The Morgan fingerprint density at radius 2 is 1.76 bits per heavy atom. The van der Waals surface area contributed by atoms with Gasteiger partial charge in [-0.2, -0.15) is 0 Å². The monoisotopic (exact) mass is 496 g/mol. The minimum Gasteiger partial charge on any atom is -0.488 e. The first kappa shape index (κ1) is 23.6. The van der Waals surface area contributed by atoms with Crippen molar-refractivity contribution in [1.29, 1.82) is 0 Å². The Bertz CT molecular complexity index is 1550. The standard InChI is InChI=1S/C28H20N2O7/c31-25-23(26(32)30(28(35)29-25)15-20-5-3-13-36-20)14-22-21-6-2-1-4-18(21)11-12-24(22)37-16-17-7-9-19(10-8-17)27(33)34/h1-14H,15-16H2,(H,33,34)(H,29,31,35)/b23-14+. The summed E-state index contributed by atoms with van der Waals surface area (Å²) in [6.45, 7) is -0.00875. The van der Waals surface area contributed by atoms with Gasteiger partial charge in [0.15, 0.2) is 0 Å². The number of fused-ring (bicyclic) bond motifs is 1. The van der Waals surface area contributed by atoms with Crippen LogP contribution in [-0.2, 0) is 22.7 Å².